The van der Waals surface area contributed by atoms with Gasteiger partial charge in [0.15, 0.2) is 0 Å². The number of aryl methyl sites for hydroxylation is 1. The van der Waals surface area contributed by atoms with Crippen molar-refractivity contribution in [1.29, 1.82) is 0 Å². The Hall–Kier alpha value is -4.10. The van der Waals surface area contributed by atoms with Crippen LogP contribution in [-0.4, -0.2) is 29.3 Å². The van der Waals surface area contributed by atoms with Crippen molar-refractivity contribution in [1.82, 2.24) is 20.7 Å². The summed E-state index contributed by atoms with van der Waals surface area (Å²) in [4.78, 5) is 30.0. The van der Waals surface area contributed by atoms with Crippen LogP contribution in [0.1, 0.15) is 15.9 Å². The highest BCUT2D eigenvalue weighted by Gasteiger charge is 2.13. The van der Waals surface area contributed by atoms with E-state index < -0.39 is 0 Å². The third kappa shape index (κ3) is 5.09. The lowest BCUT2D eigenvalue weighted by Gasteiger charge is -2.09. The minimum atomic E-state index is -0.368. The minimum Gasteiger partial charge on any atom is -0.362 e. The molecule has 0 aliphatic rings. The predicted molar refractivity (Wildman–Crippen MR) is 122 cm³/mol. The van der Waals surface area contributed by atoms with E-state index >= 15 is 0 Å². The van der Waals surface area contributed by atoms with Crippen LogP contribution in [0.15, 0.2) is 73.1 Å². The van der Waals surface area contributed by atoms with Crippen LogP contribution in [0.2, 0.25) is 0 Å². The molecule has 7 nitrogen and oxygen atoms in total. The van der Waals surface area contributed by atoms with E-state index in [4.69, 9.17) is 10.6 Å². The molecular formula is C24H23N5O2. The molecule has 4 rings (SSSR count). The van der Waals surface area contributed by atoms with Gasteiger partial charge in [-0.3, -0.25) is 20.0 Å². The Balaban J connectivity index is 0.000000628. The van der Waals surface area contributed by atoms with E-state index in [1.165, 1.54) is 5.56 Å². The number of fused-ring (bicyclic) bond motifs is 1. The lowest BCUT2D eigenvalue weighted by atomic mass is 10.0. The maximum absolute atomic E-state index is 12.2. The zero-order valence-electron chi connectivity index (χ0n) is 17.3. The summed E-state index contributed by atoms with van der Waals surface area (Å²) in [6.07, 6.45) is 3.90. The third-order valence-electron chi connectivity index (χ3n) is 4.67. The highest BCUT2D eigenvalue weighted by Crippen LogP contribution is 2.27. The van der Waals surface area contributed by atoms with Crippen LogP contribution in [-0.2, 0) is 4.79 Å². The van der Waals surface area contributed by atoms with Crippen LogP contribution >= 0.6 is 0 Å². The molecule has 0 atom stereocenters. The number of nitrogens with one attached hydrogen (secondary N) is 2. The summed E-state index contributed by atoms with van der Waals surface area (Å²) in [5.41, 5.74) is 8.50. The topological polar surface area (TPSA) is 110 Å². The summed E-state index contributed by atoms with van der Waals surface area (Å²) in [6.45, 7) is 2.07. The normalized spacial score (nSPS) is 10.0. The fourth-order valence-corrected chi connectivity index (χ4v) is 3.06. The van der Waals surface area contributed by atoms with Gasteiger partial charge >= 0.3 is 0 Å². The molecule has 0 bridgehead atoms. The van der Waals surface area contributed by atoms with Gasteiger partial charge in [-0.2, -0.15) is 0 Å². The van der Waals surface area contributed by atoms with Crippen LogP contribution in [0.4, 0.5) is 0 Å². The Morgan fingerprint density at radius 2 is 1.55 bits per heavy atom. The maximum Gasteiger partial charge on any atom is 0.265 e. The summed E-state index contributed by atoms with van der Waals surface area (Å²) >= 11 is 0. The van der Waals surface area contributed by atoms with Crippen LogP contribution in [0, 0.1) is 6.92 Å². The average molecular weight is 413 g/mol. The van der Waals surface area contributed by atoms with Crippen LogP contribution in [0.3, 0.4) is 0 Å². The first kappa shape index (κ1) is 21.6. The van der Waals surface area contributed by atoms with E-state index in [1.54, 1.807) is 31.6 Å². The van der Waals surface area contributed by atoms with Gasteiger partial charge < -0.3 is 5.32 Å². The van der Waals surface area contributed by atoms with E-state index in [0.717, 1.165) is 16.7 Å². The van der Waals surface area contributed by atoms with Gasteiger partial charge in [0.1, 0.15) is 0 Å². The number of aromatic nitrogens is 2. The number of pyridine rings is 2. The Bertz CT molecular complexity index is 1190. The average Bonchev–Trinajstić information content (AvgIpc) is 2.83. The van der Waals surface area contributed by atoms with Crippen molar-refractivity contribution in [2.24, 2.45) is 5.84 Å². The number of carbonyl (C=O) groups excluding carboxylic acids is 2. The summed E-state index contributed by atoms with van der Waals surface area (Å²) in [6, 6.07) is 20.1. The van der Waals surface area contributed by atoms with Gasteiger partial charge in [-0.05, 0) is 30.2 Å². The summed E-state index contributed by atoms with van der Waals surface area (Å²) in [5, 5.41) is 2.92. The molecule has 2 heterocycles. The Kier molecular flexibility index (Phi) is 7.03. The van der Waals surface area contributed by atoms with Gasteiger partial charge in [-0.25, -0.2) is 10.8 Å². The van der Waals surface area contributed by atoms with Crippen LogP contribution in [0.5, 0.6) is 0 Å². The molecule has 0 fully saturated rings. The SMILES string of the molecule is CNC=O.Cc1ccc(-c2ccc(-c3cc(C(=O)NN)c4cnccc4n3)cc2)cc1. The number of rotatable bonds is 4. The summed E-state index contributed by atoms with van der Waals surface area (Å²) in [7, 11) is 1.56. The molecule has 156 valence electrons. The van der Waals surface area contributed by atoms with Gasteiger partial charge in [-0.15, -0.1) is 0 Å². The second-order valence-electron chi connectivity index (χ2n) is 6.77. The molecule has 0 aliphatic carbocycles. The maximum atomic E-state index is 12.2. The number of nitrogens with two attached hydrogens (primary N) is 1. The first-order chi connectivity index (χ1) is 15.1. The number of carbonyl (C=O) groups is 2. The molecule has 0 unspecified atom stereocenters. The predicted octanol–water partition coefficient (Wildman–Crippen LogP) is 3.24. The highest BCUT2D eigenvalue weighted by atomic mass is 16.2. The smallest absolute Gasteiger partial charge is 0.265 e. The minimum absolute atomic E-state index is 0.368. The Labute approximate surface area is 180 Å². The molecule has 0 radical (unpaired) electrons. The van der Waals surface area contributed by atoms with Crippen molar-refractivity contribution < 1.29 is 9.59 Å². The number of hydrazine groups is 1. The Morgan fingerprint density at radius 3 is 2.13 bits per heavy atom. The van der Waals surface area contributed by atoms with Crippen molar-refractivity contribution in [3.8, 4) is 22.4 Å². The van der Waals surface area contributed by atoms with Crippen molar-refractivity contribution in [3.63, 3.8) is 0 Å². The number of nitrogens with zero attached hydrogens (tertiary/aromatic N) is 2. The molecule has 7 heteroatoms. The third-order valence-corrected chi connectivity index (χ3v) is 4.67. The zero-order chi connectivity index (χ0) is 22.2. The van der Waals surface area contributed by atoms with E-state index in [2.05, 4.69) is 64.0 Å². The summed E-state index contributed by atoms with van der Waals surface area (Å²) < 4.78 is 0. The molecular weight excluding hydrogens is 390 g/mol. The molecule has 0 spiro atoms. The second-order valence-corrected chi connectivity index (χ2v) is 6.77. The molecule has 4 aromatic rings. The lowest BCUT2D eigenvalue weighted by molar-refractivity contribution is -0.109. The fraction of sp³-hybridized carbons (Fsp3) is 0.0833. The van der Waals surface area contributed by atoms with Gasteiger partial charge in [0.05, 0.1) is 16.8 Å². The Morgan fingerprint density at radius 1 is 0.968 bits per heavy atom. The standard InChI is InChI=1S/C22H18N4O.C2H5NO/c1-14-2-4-15(5-3-14)16-6-8-17(9-7-16)21-12-18(22(27)26-23)19-13-24-11-10-20(19)25-21;1-3-2-4/h2-13H,23H2,1H3,(H,26,27);2H,1H3,(H,3,4). The first-order valence-corrected chi connectivity index (χ1v) is 9.61. The highest BCUT2D eigenvalue weighted by molar-refractivity contribution is 6.06. The van der Waals surface area contributed by atoms with Crippen molar-refractivity contribution in [3.05, 3.63) is 84.2 Å². The molecule has 31 heavy (non-hydrogen) atoms. The monoisotopic (exact) mass is 413 g/mol. The van der Waals surface area contributed by atoms with Crippen molar-refractivity contribution in [2.45, 2.75) is 6.92 Å². The molecule has 2 aromatic carbocycles. The van der Waals surface area contributed by atoms with Gasteiger partial charge in [0.25, 0.3) is 5.91 Å². The van der Waals surface area contributed by atoms with Gasteiger partial charge in [0, 0.05) is 30.4 Å². The zero-order valence-corrected chi connectivity index (χ0v) is 17.3. The van der Waals surface area contributed by atoms with Crippen LogP contribution in [0.25, 0.3) is 33.3 Å². The summed E-state index contributed by atoms with van der Waals surface area (Å²) in [5.74, 6) is 4.97. The van der Waals surface area contributed by atoms with Crippen molar-refractivity contribution >= 4 is 23.2 Å². The number of amides is 2. The van der Waals surface area contributed by atoms with Crippen LogP contribution < -0.4 is 16.6 Å². The van der Waals surface area contributed by atoms with Crippen molar-refractivity contribution in [2.75, 3.05) is 7.05 Å². The van der Waals surface area contributed by atoms with E-state index in [9.17, 15) is 4.79 Å². The molecule has 0 saturated carbocycles. The number of benzene rings is 2. The number of nitrogen functional groups attached to an aromatic ring is 1. The molecule has 2 aromatic heterocycles. The lowest BCUT2D eigenvalue weighted by Crippen LogP contribution is -2.30. The molecule has 4 N–H and O–H groups in total. The molecule has 2 amide bonds. The van der Waals surface area contributed by atoms with E-state index in [0.29, 0.717) is 28.6 Å². The number of hydrogen-bond acceptors (Lipinski definition) is 5. The van der Waals surface area contributed by atoms with E-state index in [1.807, 2.05) is 12.1 Å². The number of hydrogen-bond donors (Lipinski definition) is 3. The fourth-order valence-electron chi connectivity index (χ4n) is 3.06. The largest absolute Gasteiger partial charge is 0.362 e. The molecule has 0 saturated heterocycles. The van der Waals surface area contributed by atoms with Gasteiger partial charge in [-0.1, -0.05) is 54.1 Å². The quantitative estimate of drug-likeness (QED) is 0.206. The van der Waals surface area contributed by atoms with E-state index in [-0.39, 0.29) is 5.91 Å². The second kappa shape index (κ2) is 10.1. The van der Waals surface area contributed by atoms with Gasteiger partial charge in [0.2, 0.25) is 6.41 Å². The molecule has 0 aliphatic heterocycles. The first-order valence-electron chi connectivity index (χ1n) is 9.61.